The van der Waals surface area contributed by atoms with Gasteiger partial charge in [0.1, 0.15) is 0 Å². The van der Waals surface area contributed by atoms with Crippen LogP contribution in [0.5, 0.6) is 0 Å². The molecule has 32 valence electrons. The molecule has 0 fully saturated rings. The molecule has 0 aromatic heterocycles. The van der Waals surface area contributed by atoms with E-state index in [1.165, 1.54) is 6.08 Å². The second kappa shape index (κ2) is 4.40. The van der Waals surface area contributed by atoms with Crippen LogP contribution < -0.4 is 0 Å². The van der Waals surface area contributed by atoms with E-state index in [-0.39, 0.29) is 0 Å². The Kier molecular flexibility index (Phi) is 3.97. The zero-order valence-electron chi connectivity index (χ0n) is 3.39. The fourth-order valence-corrected chi connectivity index (χ4v) is 0.107. The van der Waals surface area contributed by atoms with Crippen molar-refractivity contribution in [3.8, 4) is 0 Å². The van der Waals surface area contributed by atoms with Gasteiger partial charge < -0.3 is 0 Å². The predicted octanol–water partition coefficient (Wildman–Crippen LogP) is 0.154. The maximum absolute atomic E-state index is 9.29. The molecule has 0 aliphatic heterocycles. The van der Waals surface area contributed by atoms with Gasteiger partial charge >= 0.3 is 36.0 Å². The van der Waals surface area contributed by atoms with Gasteiger partial charge in [0.05, 0.1) is 0 Å². The number of hydrogen-bond donors (Lipinski definition) is 0. The van der Waals surface area contributed by atoms with Crippen molar-refractivity contribution < 1.29 is 9.36 Å². The van der Waals surface area contributed by atoms with Gasteiger partial charge in [-0.15, -0.1) is 0 Å². The first kappa shape index (κ1) is 5.40. The summed E-state index contributed by atoms with van der Waals surface area (Å²) in [6.45, 7) is 3.62. The fourth-order valence-electron chi connectivity index (χ4n) is 0.107. The van der Waals surface area contributed by atoms with Crippen LogP contribution in [0.1, 0.15) is 0 Å². The summed E-state index contributed by atoms with van der Waals surface area (Å²) >= 11 is 0. The van der Waals surface area contributed by atoms with Gasteiger partial charge in [0.25, 0.3) is 0 Å². The molecule has 6 heavy (non-hydrogen) atoms. The van der Waals surface area contributed by atoms with Crippen LogP contribution in [-0.2, 0) is 9.36 Å². The van der Waals surface area contributed by atoms with Gasteiger partial charge in [-0.3, -0.25) is 0 Å². The molecule has 0 aromatic rings. The van der Waals surface area contributed by atoms with Gasteiger partial charge in [0, 0.05) is 0 Å². The van der Waals surface area contributed by atoms with Crippen LogP contribution in [0.25, 0.3) is 0 Å². The minimum atomic E-state index is 0.309. The average Bonchev–Trinajstić information content (AvgIpc) is 1.61. The Bertz CT molecular complexity index is 44.8. The Labute approximate surface area is 37.1 Å². The molecule has 0 aromatic carbocycles. The Morgan fingerprint density at radius 2 is 2.67 bits per heavy atom. The van der Waals surface area contributed by atoms with Crippen LogP contribution in [0, 0.1) is 0 Å². The molecular weight excluding hydrogens is 78.8 g/mol. The van der Waals surface area contributed by atoms with Gasteiger partial charge in [0.15, 0.2) is 0 Å². The van der Waals surface area contributed by atoms with Crippen LogP contribution in [0.15, 0.2) is 12.7 Å². The predicted molar refractivity (Wildman–Crippen MR) is 22.6 cm³/mol. The van der Waals surface area contributed by atoms with E-state index >= 15 is 0 Å². The van der Waals surface area contributed by atoms with E-state index in [0.29, 0.717) is 14.0 Å². The van der Waals surface area contributed by atoms with Crippen LogP contribution >= 0.6 is 0 Å². The third kappa shape index (κ3) is 3.40. The molecule has 2 nitrogen and oxygen atoms in total. The Morgan fingerprint density at radius 3 is 2.83 bits per heavy atom. The van der Waals surface area contributed by atoms with Crippen molar-refractivity contribution in [1.29, 1.82) is 0 Å². The first-order valence-corrected chi connectivity index (χ1v) is 1.58. The first-order chi connectivity index (χ1) is 2.91. The molecule has 0 amide bonds. The molecular formula is C3H5BO2. The molecule has 0 saturated carbocycles. The SMILES string of the molecule is C=CCOB=O. The summed E-state index contributed by atoms with van der Waals surface area (Å²) in [5, 5.41) is 0. The van der Waals surface area contributed by atoms with Crippen LogP contribution in [0.3, 0.4) is 0 Å². The fraction of sp³-hybridized carbons (Fsp3) is 0.333. The van der Waals surface area contributed by atoms with Crippen LogP contribution in [0.2, 0.25) is 0 Å². The molecule has 0 heterocycles. The summed E-state index contributed by atoms with van der Waals surface area (Å²) in [6, 6.07) is 0. The topological polar surface area (TPSA) is 26.3 Å². The van der Waals surface area contributed by atoms with Crippen molar-refractivity contribution in [2.45, 2.75) is 0 Å². The summed E-state index contributed by atoms with van der Waals surface area (Å²) < 4.78 is 13.5. The first-order valence-electron chi connectivity index (χ1n) is 1.58. The van der Waals surface area contributed by atoms with Crippen molar-refractivity contribution in [1.82, 2.24) is 0 Å². The van der Waals surface area contributed by atoms with E-state index in [2.05, 4.69) is 11.2 Å². The third-order valence-corrected chi connectivity index (χ3v) is 0.282. The van der Waals surface area contributed by atoms with Gasteiger partial charge in [0.2, 0.25) is 0 Å². The molecule has 0 spiro atoms. The summed E-state index contributed by atoms with van der Waals surface area (Å²) in [4.78, 5) is 0. The summed E-state index contributed by atoms with van der Waals surface area (Å²) in [6.07, 6.45) is 1.51. The Hall–Kier alpha value is -0.595. The minimum absolute atomic E-state index is 0.309. The van der Waals surface area contributed by atoms with Gasteiger partial charge in [-0.2, -0.15) is 0 Å². The van der Waals surface area contributed by atoms with E-state index in [1.54, 1.807) is 0 Å². The zero-order chi connectivity index (χ0) is 4.83. The van der Waals surface area contributed by atoms with Crippen LogP contribution in [-0.4, -0.2) is 14.0 Å². The van der Waals surface area contributed by atoms with Gasteiger partial charge in [-0.25, -0.2) is 0 Å². The van der Waals surface area contributed by atoms with Crippen molar-refractivity contribution in [3.05, 3.63) is 12.7 Å². The Balaban J connectivity index is 2.66. The quantitative estimate of drug-likeness (QED) is 0.276. The molecule has 0 saturated heterocycles. The summed E-state index contributed by atoms with van der Waals surface area (Å²) in [7, 11) is 0.391. The standard InChI is InChI=1S/C3H5BO2/c1-2-3-6-4-5/h2H,1,3H2. The van der Waals surface area contributed by atoms with Crippen LogP contribution in [0.4, 0.5) is 0 Å². The number of hydrogen-bond acceptors (Lipinski definition) is 2. The monoisotopic (exact) mass is 84.0 g/mol. The second-order valence-electron chi connectivity index (χ2n) is 0.718. The molecule has 0 atom stereocenters. The second-order valence-corrected chi connectivity index (χ2v) is 0.718. The van der Waals surface area contributed by atoms with Crippen molar-refractivity contribution in [2.75, 3.05) is 6.61 Å². The van der Waals surface area contributed by atoms with Crippen molar-refractivity contribution >= 4 is 7.35 Å². The molecule has 0 N–H and O–H groups in total. The van der Waals surface area contributed by atoms with E-state index in [4.69, 9.17) is 0 Å². The van der Waals surface area contributed by atoms with Gasteiger partial charge in [-0.05, 0) is 0 Å². The molecule has 0 aliphatic carbocycles. The normalized spacial score (nSPS) is 6.00. The maximum atomic E-state index is 9.29. The third-order valence-electron chi connectivity index (χ3n) is 0.282. The van der Waals surface area contributed by atoms with E-state index < -0.39 is 0 Å². The van der Waals surface area contributed by atoms with E-state index in [1.807, 2.05) is 0 Å². The van der Waals surface area contributed by atoms with Crippen molar-refractivity contribution in [3.63, 3.8) is 0 Å². The molecule has 0 unspecified atom stereocenters. The zero-order valence-corrected chi connectivity index (χ0v) is 3.39. The average molecular weight is 83.9 g/mol. The summed E-state index contributed by atoms with van der Waals surface area (Å²) in [5.74, 6) is 0. The molecule has 0 rings (SSSR count). The van der Waals surface area contributed by atoms with Gasteiger partial charge in [-0.1, -0.05) is 0 Å². The summed E-state index contributed by atoms with van der Waals surface area (Å²) in [5.41, 5.74) is 0. The molecule has 0 aliphatic rings. The number of rotatable bonds is 3. The molecule has 3 heteroatoms. The molecule has 0 radical (unpaired) electrons. The van der Waals surface area contributed by atoms with E-state index in [0.717, 1.165) is 0 Å². The van der Waals surface area contributed by atoms with E-state index in [9.17, 15) is 4.70 Å². The Morgan fingerprint density at radius 1 is 2.00 bits per heavy atom. The molecule has 0 bridgehead atoms. The van der Waals surface area contributed by atoms with Crippen molar-refractivity contribution in [2.24, 2.45) is 0 Å².